The Hall–Kier alpha value is -1.57. The maximum Gasteiger partial charge on any atom is 0.263 e. The maximum atomic E-state index is 13.1. The number of halogens is 1. The summed E-state index contributed by atoms with van der Waals surface area (Å²) in [4.78, 5) is 15.8. The van der Waals surface area contributed by atoms with Crippen molar-refractivity contribution in [1.82, 2.24) is 4.90 Å². The molecule has 0 unspecified atom stereocenters. The van der Waals surface area contributed by atoms with Crippen LogP contribution in [0, 0.1) is 6.92 Å². The first-order valence-electron chi connectivity index (χ1n) is 8.71. The Balaban J connectivity index is 1.77. The van der Waals surface area contributed by atoms with E-state index in [1.807, 2.05) is 24.4 Å². The van der Waals surface area contributed by atoms with Crippen molar-refractivity contribution in [2.75, 3.05) is 11.5 Å². The topological polar surface area (TPSA) is 63.7 Å². The molecule has 2 atom stereocenters. The predicted octanol–water partition coefficient (Wildman–Crippen LogP) is 3.69. The molecule has 5 nitrogen and oxygen atoms in total. The second kappa shape index (κ2) is 8.20. The molecule has 146 valence electrons. The number of rotatable bonds is 6. The number of carbonyl (C=O) groups excluding carboxylic acids is 1. The van der Waals surface area contributed by atoms with Crippen molar-refractivity contribution in [3.63, 3.8) is 0 Å². The van der Waals surface area contributed by atoms with E-state index in [2.05, 4.69) is 0 Å². The van der Waals surface area contributed by atoms with Crippen molar-refractivity contribution >= 4 is 38.7 Å². The Bertz CT molecular complexity index is 912. The number of carbonyl (C=O) groups is 1. The second-order valence-corrected chi connectivity index (χ2v) is 10.4. The molecule has 0 spiro atoms. The van der Waals surface area contributed by atoms with Gasteiger partial charge in [0.2, 0.25) is 0 Å². The third-order valence-corrected chi connectivity index (χ3v) is 7.66. The lowest BCUT2D eigenvalue weighted by Crippen LogP contribution is -2.46. The monoisotopic (exact) mass is 427 g/mol. The van der Waals surface area contributed by atoms with Crippen LogP contribution in [0.15, 0.2) is 35.7 Å². The maximum absolute atomic E-state index is 13.1. The van der Waals surface area contributed by atoms with Gasteiger partial charge in [-0.3, -0.25) is 4.79 Å². The molecule has 1 saturated heterocycles. The van der Waals surface area contributed by atoms with E-state index in [0.29, 0.717) is 23.7 Å². The highest BCUT2D eigenvalue weighted by atomic mass is 35.5. The Labute approximate surface area is 168 Å². The van der Waals surface area contributed by atoms with Crippen LogP contribution in [0.4, 0.5) is 0 Å². The number of nitrogens with zero attached hydrogens (tertiary/aromatic N) is 1. The molecule has 0 aliphatic carbocycles. The van der Waals surface area contributed by atoms with Gasteiger partial charge < -0.3 is 9.64 Å². The van der Waals surface area contributed by atoms with E-state index in [0.717, 1.165) is 10.4 Å². The molecule has 1 aromatic heterocycles. The van der Waals surface area contributed by atoms with Gasteiger partial charge >= 0.3 is 0 Å². The summed E-state index contributed by atoms with van der Waals surface area (Å²) in [5.41, 5.74) is 0.867. The molecule has 0 bridgehead atoms. The highest BCUT2D eigenvalue weighted by Crippen LogP contribution is 2.25. The minimum atomic E-state index is -3.09. The smallest absolute Gasteiger partial charge is 0.263 e. The lowest BCUT2D eigenvalue weighted by Gasteiger charge is -2.30. The number of aryl methyl sites for hydroxylation is 1. The summed E-state index contributed by atoms with van der Waals surface area (Å²) in [6.45, 7) is 3.95. The summed E-state index contributed by atoms with van der Waals surface area (Å²) in [6, 6.07) is 8.80. The van der Waals surface area contributed by atoms with Gasteiger partial charge in [-0.2, -0.15) is 0 Å². The van der Waals surface area contributed by atoms with Crippen LogP contribution in [0.5, 0.6) is 5.75 Å². The molecule has 27 heavy (non-hydrogen) atoms. The number of amides is 1. The Kier molecular flexibility index (Phi) is 6.13. The van der Waals surface area contributed by atoms with Crippen molar-refractivity contribution < 1.29 is 17.9 Å². The average Bonchev–Trinajstić information content (AvgIpc) is 3.24. The zero-order valence-electron chi connectivity index (χ0n) is 15.2. The van der Waals surface area contributed by atoms with Crippen LogP contribution in [0.3, 0.4) is 0 Å². The number of sulfone groups is 1. The fourth-order valence-corrected chi connectivity index (χ4v) is 5.71. The van der Waals surface area contributed by atoms with E-state index in [1.54, 1.807) is 41.4 Å². The third kappa shape index (κ3) is 5.03. The molecule has 0 N–H and O–H groups in total. The molecular weight excluding hydrogens is 406 g/mol. The summed E-state index contributed by atoms with van der Waals surface area (Å²) in [5.74, 6) is 0.486. The van der Waals surface area contributed by atoms with Crippen molar-refractivity contribution in [3.8, 4) is 5.75 Å². The molecule has 1 aliphatic heterocycles. The van der Waals surface area contributed by atoms with Crippen LogP contribution in [0.1, 0.15) is 23.8 Å². The number of hydrogen-bond donors (Lipinski definition) is 0. The predicted molar refractivity (Wildman–Crippen MR) is 108 cm³/mol. The van der Waals surface area contributed by atoms with Gasteiger partial charge in [0.15, 0.2) is 15.9 Å². The van der Waals surface area contributed by atoms with Crippen molar-refractivity contribution in [2.24, 2.45) is 0 Å². The standard InChI is InChI=1S/C19H22ClNO4S2/c1-13-10-16(5-6-18(13)20)25-14(2)19(22)21(11-17-4-3-8-26-17)15-7-9-27(23,24)12-15/h3-6,8,10,14-15H,7,9,11-12H2,1-2H3/t14-,15-/m0/s1. The quantitative estimate of drug-likeness (QED) is 0.705. The van der Waals surface area contributed by atoms with Crippen LogP contribution in [0.2, 0.25) is 5.02 Å². The molecule has 1 amide bonds. The molecule has 1 fully saturated rings. The van der Waals surface area contributed by atoms with Crippen molar-refractivity contribution in [2.45, 2.75) is 39.0 Å². The lowest BCUT2D eigenvalue weighted by molar-refractivity contribution is -0.140. The fourth-order valence-electron chi connectivity index (χ4n) is 3.16. The van der Waals surface area contributed by atoms with E-state index < -0.39 is 15.9 Å². The van der Waals surface area contributed by atoms with Crippen LogP contribution in [-0.2, 0) is 21.2 Å². The Morgan fingerprint density at radius 1 is 1.41 bits per heavy atom. The minimum Gasteiger partial charge on any atom is -0.481 e. The molecule has 3 rings (SSSR count). The molecule has 2 heterocycles. The SMILES string of the molecule is Cc1cc(O[C@@H](C)C(=O)N(Cc2cccs2)[C@H]2CCS(=O)(=O)C2)ccc1Cl. The zero-order valence-corrected chi connectivity index (χ0v) is 17.6. The largest absolute Gasteiger partial charge is 0.481 e. The minimum absolute atomic E-state index is 0.0108. The lowest BCUT2D eigenvalue weighted by atomic mass is 10.2. The summed E-state index contributed by atoms with van der Waals surface area (Å²) in [6.07, 6.45) is -0.263. The molecule has 8 heteroatoms. The van der Waals surface area contributed by atoms with Gasteiger partial charge in [-0.05, 0) is 55.5 Å². The summed E-state index contributed by atoms with van der Waals surface area (Å²) in [7, 11) is -3.09. The van der Waals surface area contributed by atoms with Crippen LogP contribution >= 0.6 is 22.9 Å². The first-order chi connectivity index (χ1) is 12.7. The fraction of sp³-hybridized carbons (Fsp3) is 0.421. The van der Waals surface area contributed by atoms with Gasteiger partial charge in [0.05, 0.1) is 18.1 Å². The number of benzene rings is 1. The van der Waals surface area contributed by atoms with Gasteiger partial charge in [-0.1, -0.05) is 17.7 Å². The first-order valence-corrected chi connectivity index (χ1v) is 11.8. The van der Waals surface area contributed by atoms with E-state index >= 15 is 0 Å². The van der Waals surface area contributed by atoms with Gasteiger partial charge in [0, 0.05) is 15.9 Å². The summed E-state index contributed by atoms with van der Waals surface area (Å²) in [5, 5.41) is 2.58. The van der Waals surface area contributed by atoms with Crippen LogP contribution in [0.25, 0.3) is 0 Å². The van der Waals surface area contributed by atoms with Gasteiger partial charge in [0.1, 0.15) is 5.75 Å². The molecular formula is C19H22ClNO4S2. The Morgan fingerprint density at radius 3 is 2.78 bits per heavy atom. The average molecular weight is 428 g/mol. The molecule has 0 saturated carbocycles. The Morgan fingerprint density at radius 2 is 2.19 bits per heavy atom. The van der Waals surface area contributed by atoms with Gasteiger partial charge in [-0.25, -0.2) is 8.42 Å². The molecule has 0 radical (unpaired) electrons. The number of thiophene rings is 1. The van der Waals surface area contributed by atoms with Crippen molar-refractivity contribution in [3.05, 3.63) is 51.2 Å². The second-order valence-electron chi connectivity index (χ2n) is 6.77. The van der Waals surface area contributed by atoms with E-state index in [4.69, 9.17) is 16.3 Å². The highest BCUT2D eigenvalue weighted by molar-refractivity contribution is 7.91. The third-order valence-electron chi connectivity index (χ3n) is 4.63. The van der Waals surface area contributed by atoms with Crippen LogP contribution in [-0.4, -0.2) is 42.9 Å². The zero-order chi connectivity index (χ0) is 19.6. The normalized spacial score (nSPS) is 19.6. The van der Waals surface area contributed by atoms with Gasteiger partial charge in [-0.15, -0.1) is 11.3 Å². The van der Waals surface area contributed by atoms with Gasteiger partial charge in [0.25, 0.3) is 5.91 Å². The summed E-state index contributed by atoms with van der Waals surface area (Å²) >= 11 is 7.58. The summed E-state index contributed by atoms with van der Waals surface area (Å²) < 4.78 is 29.7. The number of hydrogen-bond acceptors (Lipinski definition) is 5. The molecule has 2 aromatic rings. The van der Waals surface area contributed by atoms with E-state index in [-0.39, 0.29) is 23.5 Å². The molecule has 1 aliphatic rings. The first kappa shape index (κ1) is 20.2. The van der Waals surface area contributed by atoms with E-state index in [9.17, 15) is 13.2 Å². The highest BCUT2D eigenvalue weighted by Gasteiger charge is 2.36. The number of ether oxygens (including phenoxy) is 1. The molecule has 1 aromatic carbocycles. The van der Waals surface area contributed by atoms with E-state index in [1.165, 1.54) is 0 Å². The van der Waals surface area contributed by atoms with Crippen molar-refractivity contribution in [1.29, 1.82) is 0 Å². The van der Waals surface area contributed by atoms with Crippen LogP contribution < -0.4 is 4.74 Å².